The minimum atomic E-state index is -1.30. The molecule has 0 unspecified atom stereocenters. The lowest BCUT2D eigenvalue weighted by Gasteiger charge is -2.20. The number of nitrogens with zero attached hydrogens (tertiary/aromatic N) is 3. The van der Waals surface area contributed by atoms with Crippen LogP contribution >= 0.6 is 23.2 Å². The van der Waals surface area contributed by atoms with Crippen LogP contribution in [0.5, 0.6) is 0 Å². The van der Waals surface area contributed by atoms with E-state index in [0.29, 0.717) is 36.0 Å². The van der Waals surface area contributed by atoms with E-state index in [9.17, 15) is 14.7 Å². The molecule has 0 saturated heterocycles. The van der Waals surface area contributed by atoms with Crippen LogP contribution in [0, 0.1) is 0 Å². The van der Waals surface area contributed by atoms with Crippen molar-refractivity contribution in [2.24, 2.45) is 0 Å². The molecule has 0 aliphatic heterocycles. The maximum atomic E-state index is 12.8. The van der Waals surface area contributed by atoms with Gasteiger partial charge in [-0.05, 0) is 32.0 Å². The monoisotopic (exact) mass is 449 g/mol. The van der Waals surface area contributed by atoms with Crippen molar-refractivity contribution in [3.63, 3.8) is 0 Å². The van der Waals surface area contributed by atoms with E-state index in [0.717, 1.165) is 5.69 Å². The van der Waals surface area contributed by atoms with Crippen molar-refractivity contribution in [1.29, 1.82) is 0 Å². The minimum absolute atomic E-state index is 0.275. The molecule has 0 bridgehead atoms. The summed E-state index contributed by atoms with van der Waals surface area (Å²) in [6.45, 7) is 5.47. The topological polar surface area (TPSA) is 86.3 Å². The zero-order valence-corrected chi connectivity index (χ0v) is 18.1. The second-order valence-corrected chi connectivity index (χ2v) is 7.33. The largest absolute Gasteiger partial charge is 0.477 e. The molecule has 0 spiro atoms. The fraction of sp³-hybridized carbons (Fsp3) is 0.286. The Morgan fingerprint density at radius 2 is 1.90 bits per heavy atom. The van der Waals surface area contributed by atoms with Crippen molar-refractivity contribution < 1.29 is 14.6 Å². The molecule has 7 nitrogen and oxygen atoms in total. The van der Waals surface area contributed by atoms with Crippen LogP contribution in [0.1, 0.15) is 35.6 Å². The Hall–Kier alpha value is -2.61. The lowest BCUT2D eigenvalue weighted by molar-refractivity contribution is 0.0695. The molecule has 9 heteroatoms. The number of aromatic carboxylic acids is 1. The summed E-state index contributed by atoms with van der Waals surface area (Å²) in [6.07, 6.45) is 1.66. The van der Waals surface area contributed by atoms with Crippen molar-refractivity contribution in [3.05, 3.63) is 73.7 Å². The van der Waals surface area contributed by atoms with Crippen LogP contribution in [-0.4, -0.2) is 32.0 Å². The molecule has 0 atom stereocenters. The smallest absolute Gasteiger partial charge is 0.341 e. The number of benzene rings is 1. The Kier molecular flexibility index (Phi) is 6.97. The van der Waals surface area contributed by atoms with Gasteiger partial charge in [0, 0.05) is 36.7 Å². The first-order chi connectivity index (χ1) is 14.4. The van der Waals surface area contributed by atoms with Crippen LogP contribution in [0.15, 0.2) is 41.3 Å². The Morgan fingerprint density at radius 3 is 2.53 bits per heavy atom. The normalized spacial score (nSPS) is 11.1. The summed E-state index contributed by atoms with van der Waals surface area (Å²) in [5.74, 6) is -1.30. The fourth-order valence-corrected chi connectivity index (χ4v) is 3.62. The number of aromatic nitrogens is 3. The van der Waals surface area contributed by atoms with E-state index in [-0.39, 0.29) is 22.8 Å². The number of hydrogen-bond donors (Lipinski definition) is 1. The number of carbonyl (C=O) groups is 1. The van der Waals surface area contributed by atoms with Gasteiger partial charge < -0.3 is 14.4 Å². The molecule has 158 valence electrons. The minimum Gasteiger partial charge on any atom is -0.477 e. The van der Waals surface area contributed by atoms with Gasteiger partial charge in [0.1, 0.15) is 5.56 Å². The second kappa shape index (κ2) is 9.47. The molecule has 3 aromatic rings. The van der Waals surface area contributed by atoms with Gasteiger partial charge in [0.05, 0.1) is 34.6 Å². The van der Waals surface area contributed by atoms with Gasteiger partial charge in [0.15, 0.2) is 5.43 Å². The molecule has 2 aromatic heterocycles. The first-order valence-electron chi connectivity index (χ1n) is 9.41. The maximum Gasteiger partial charge on any atom is 0.341 e. The number of halogens is 2. The van der Waals surface area contributed by atoms with Gasteiger partial charge in [-0.2, -0.15) is 5.10 Å². The highest BCUT2D eigenvalue weighted by Crippen LogP contribution is 2.30. The molecular weight excluding hydrogens is 429 g/mol. The van der Waals surface area contributed by atoms with Gasteiger partial charge in [-0.1, -0.05) is 29.3 Å². The first kappa shape index (κ1) is 22.1. The van der Waals surface area contributed by atoms with Gasteiger partial charge in [-0.3, -0.25) is 9.48 Å². The van der Waals surface area contributed by atoms with Crippen molar-refractivity contribution in [2.75, 3.05) is 6.61 Å². The predicted octanol–water partition coefficient (Wildman–Crippen LogP) is 4.32. The summed E-state index contributed by atoms with van der Waals surface area (Å²) in [4.78, 5) is 24.7. The summed E-state index contributed by atoms with van der Waals surface area (Å²) >= 11 is 12.2. The quantitative estimate of drug-likeness (QED) is 0.553. The SMILES string of the molecule is CCOCc1ccnn1Cc1cc(=O)c(C(=O)O)c(-c2ccc(Cl)c(Cl)c2)n1CC. The van der Waals surface area contributed by atoms with E-state index >= 15 is 0 Å². The lowest BCUT2D eigenvalue weighted by Crippen LogP contribution is -2.25. The summed E-state index contributed by atoms with van der Waals surface area (Å²) < 4.78 is 8.99. The number of carboxylic acid groups (broad SMARTS) is 1. The first-order valence-corrected chi connectivity index (χ1v) is 10.2. The van der Waals surface area contributed by atoms with Gasteiger partial charge in [0.25, 0.3) is 0 Å². The van der Waals surface area contributed by atoms with Crippen molar-refractivity contribution >= 4 is 29.2 Å². The van der Waals surface area contributed by atoms with Crippen LogP contribution in [-0.2, 0) is 24.4 Å². The highest BCUT2D eigenvalue weighted by molar-refractivity contribution is 6.42. The highest BCUT2D eigenvalue weighted by atomic mass is 35.5. The summed E-state index contributed by atoms with van der Waals surface area (Å²) in [6, 6.07) is 7.99. The number of hydrogen-bond acceptors (Lipinski definition) is 4. The molecule has 3 rings (SSSR count). The molecule has 0 fully saturated rings. The van der Waals surface area contributed by atoms with Crippen molar-refractivity contribution in [2.45, 2.75) is 33.5 Å². The van der Waals surface area contributed by atoms with E-state index < -0.39 is 11.4 Å². The van der Waals surface area contributed by atoms with Crippen LogP contribution in [0.4, 0.5) is 0 Å². The van der Waals surface area contributed by atoms with E-state index in [1.165, 1.54) is 6.07 Å². The van der Waals surface area contributed by atoms with Gasteiger partial charge in [-0.15, -0.1) is 0 Å². The third-order valence-corrected chi connectivity index (χ3v) is 5.43. The van der Waals surface area contributed by atoms with Crippen LogP contribution in [0.25, 0.3) is 11.3 Å². The Balaban J connectivity index is 2.20. The zero-order chi connectivity index (χ0) is 21.8. The number of pyridine rings is 1. The van der Waals surface area contributed by atoms with Crippen molar-refractivity contribution in [1.82, 2.24) is 14.3 Å². The summed E-state index contributed by atoms with van der Waals surface area (Å²) in [7, 11) is 0. The van der Waals surface area contributed by atoms with Gasteiger partial charge in [0.2, 0.25) is 0 Å². The molecular formula is C21H21Cl2N3O4. The molecule has 2 heterocycles. The van der Waals surface area contributed by atoms with Crippen molar-refractivity contribution in [3.8, 4) is 11.3 Å². The Labute approximate surface area is 183 Å². The van der Waals surface area contributed by atoms with Crippen LogP contribution in [0.3, 0.4) is 0 Å². The summed E-state index contributed by atoms with van der Waals surface area (Å²) in [5.41, 5.74) is 1.36. The molecule has 1 aromatic carbocycles. The second-order valence-electron chi connectivity index (χ2n) is 6.52. The van der Waals surface area contributed by atoms with E-state index in [1.807, 2.05) is 19.9 Å². The average molecular weight is 450 g/mol. The fourth-order valence-electron chi connectivity index (χ4n) is 3.32. The standard InChI is InChI=1S/C21H21Cl2N3O4/c1-3-25-15(11-26-14(7-8-24-26)12-30-4-2)10-18(27)19(21(28)29)20(25)13-5-6-16(22)17(23)9-13/h5-10H,3-4,11-12H2,1-2H3,(H,28,29). The molecule has 0 radical (unpaired) electrons. The van der Waals surface area contributed by atoms with E-state index in [1.54, 1.807) is 33.6 Å². The third kappa shape index (κ3) is 4.43. The van der Waals surface area contributed by atoms with Crippen LogP contribution < -0.4 is 5.43 Å². The lowest BCUT2D eigenvalue weighted by atomic mass is 10.0. The van der Waals surface area contributed by atoms with Gasteiger partial charge >= 0.3 is 5.97 Å². The van der Waals surface area contributed by atoms with E-state index in [4.69, 9.17) is 27.9 Å². The highest BCUT2D eigenvalue weighted by Gasteiger charge is 2.22. The maximum absolute atomic E-state index is 12.8. The molecule has 0 aliphatic rings. The van der Waals surface area contributed by atoms with E-state index in [2.05, 4.69) is 5.10 Å². The number of rotatable bonds is 8. The number of carboxylic acids is 1. The molecule has 1 N–H and O–H groups in total. The van der Waals surface area contributed by atoms with Gasteiger partial charge in [-0.25, -0.2) is 4.79 Å². The molecule has 0 saturated carbocycles. The Morgan fingerprint density at radius 1 is 1.13 bits per heavy atom. The summed E-state index contributed by atoms with van der Waals surface area (Å²) in [5, 5.41) is 14.7. The number of ether oxygens (including phenoxy) is 1. The molecule has 30 heavy (non-hydrogen) atoms. The predicted molar refractivity (Wildman–Crippen MR) is 115 cm³/mol. The van der Waals surface area contributed by atoms with Crippen LogP contribution in [0.2, 0.25) is 10.0 Å². The third-order valence-electron chi connectivity index (χ3n) is 4.69. The Bertz CT molecular complexity index is 1140. The molecule has 0 amide bonds. The zero-order valence-electron chi connectivity index (χ0n) is 16.6. The average Bonchev–Trinajstić information content (AvgIpc) is 3.14. The molecule has 0 aliphatic carbocycles.